The van der Waals surface area contributed by atoms with Gasteiger partial charge in [0.15, 0.2) is 11.7 Å². The van der Waals surface area contributed by atoms with Crippen LogP contribution < -0.4 is 4.57 Å². The standard InChI is InChI=1S/C42H37N2S/c1-6-14-33-28(5)45-41-26-40-36(25-37(33)41)35-24-30(19-21-39(35)44(40)31-15-10-9-11-16-31)29-18-20-32-27(4)42(7-2,8-3)43-22-13-12-17-38(43)34(32)23-29/h6,9-26H,4,7-8H2,1-3,5H3/q+1. The first-order valence-electron chi connectivity index (χ1n) is 16.0. The Morgan fingerprint density at radius 1 is 0.778 bits per heavy atom. The zero-order valence-corrected chi connectivity index (χ0v) is 27.2. The SMILES string of the molecule is C=C1c2ccc(-c3ccc4c(c3)c3cc5c(C=CC)c(C)sc5cc3n4-c3ccccc3)cc2-c2cccc[n+]2C1(CC)CC. The summed E-state index contributed by atoms with van der Waals surface area (Å²) in [5.41, 5.74) is 12.3. The van der Waals surface area contributed by atoms with E-state index >= 15 is 0 Å². The molecule has 8 rings (SSSR count). The lowest BCUT2D eigenvalue weighted by atomic mass is 9.75. The van der Waals surface area contributed by atoms with Gasteiger partial charge in [-0.1, -0.05) is 69.0 Å². The van der Waals surface area contributed by atoms with Gasteiger partial charge in [0.1, 0.15) is 0 Å². The Labute approximate surface area is 269 Å². The van der Waals surface area contributed by atoms with Gasteiger partial charge in [0.2, 0.25) is 5.69 Å². The number of hydrogen-bond donors (Lipinski definition) is 0. The molecule has 0 saturated carbocycles. The number of aromatic nitrogens is 2. The van der Waals surface area contributed by atoms with Crippen molar-refractivity contribution in [1.82, 2.24) is 4.57 Å². The molecule has 2 nitrogen and oxygen atoms in total. The maximum Gasteiger partial charge on any atom is 0.213 e. The first kappa shape index (κ1) is 27.8. The van der Waals surface area contributed by atoms with Crippen LogP contribution in [0.4, 0.5) is 0 Å². The minimum absolute atomic E-state index is 0.0968. The van der Waals surface area contributed by atoms with E-state index in [2.05, 4.69) is 159 Å². The van der Waals surface area contributed by atoms with Gasteiger partial charge >= 0.3 is 0 Å². The quantitative estimate of drug-likeness (QED) is 0.174. The number of rotatable bonds is 5. The Bertz CT molecular complexity index is 2330. The average molecular weight is 602 g/mol. The molecule has 0 atom stereocenters. The van der Waals surface area contributed by atoms with E-state index in [1.54, 1.807) is 0 Å². The molecular formula is C42H37N2S+. The number of nitrogens with zero attached hydrogens (tertiary/aromatic N) is 2. The van der Waals surface area contributed by atoms with E-state index in [9.17, 15) is 0 Å². The largest absolute Gasteiger partial charge is 0.309 e. The highest BCUT2D eigenvalue weighted by Crippen LogP contribution is 2.45. The minimum atomic E-state index is -0.0968. The molecule has 0 N–H and O–H groups in total. The first-order chi connectivity index (χ1) is 22.0. The molecule has 7 aromatic rings. The average Bonchev–Trinajstić information content (AvgIpc) is 3.56. The van der Waals surface area contributed by atoms with Crippen LogP contribution in [0.15, 0.2) is 116 Å². The zero-order chi connectivity index (χ0) is 30.9. The molecule has 3 heteroatoms. The summed E-state index contributed by atoms with van der Waals surface area (Å²) in [6.45, 7) is 13.6. The molecule has 3 aromatic heterocycles. The fourth-order valence-corrected chi connectivity index (χ4v) is 8.87. The van der Waals surface area contributed by atoms with Gasteiger partial charge in [0.25, 0.3) is 0 Å². The minimum Gasteiger partial charge on any atom is -0.309 e. The van der Waals surface area contributed by atoms with Crippen LogP contribution in [0.1, 0.15) is 49.6 Å². The molecule has 220 valence electrons. The van der Waals surface area contributed by atoms with Crippen LogP contribution in [0.5, 0.6) is 0 Å². The van der Waals surface area contributed by atoms with Crippen molar-refractivity contribution < 1.29 is 4.57 Å². The lowest BCUT2D eigenvalue weighted by molar-refractivity contribution is -0.741. The number of allylic oxidation sites excluding steroid dienone is 2. The van der Waals surface area contributed by atoms with Gasteiger partial charge in [-0.3, -0.25) is 0 Å². The Morgan fingerprint density at radius 2 is 1.51 bits per heavy atom. The van der Waals surface area contributed by atoms with E-state index in [1.807, 2.05) is 11.3 Å². The number of thiophene rings is 1. The van der Waals surface area contributed by atoms with Crippen molar-refractivity contribution in [2.24, 2.45) is 0 Å². The molecule has 0 aliphatic carbocycles. The summed E-state index contributed by atoms with van der Waals surface area (Å²) in [5.74, 6) is 0. The number of hydrogen-bond acceptors (Lipinski definition) is 1. The summed E-state index contributed by atoms with van der Waals surface area (Å²) >= 11 is 1.88. The van der Waals surface area contributed by atoms with Crippen LogP contribution in [-0.4, -0.2) is 4.57 Å². The van der Waals surface area contributed by atoms with Crippen molar-refractivity contribution in [2.75, 3.05) is 0 Å². The summed E-state index contributed by atoms with van der Waals surface area (Å²) in [6.07, 6.45) is 8.67. The van der Waals surface area contributed by atoms with Crippen molar-refractivity contribution in [3.63, 3.8) is 0 Å². The summed E-state index contributed by atoms with van der Waals surface area (Å²) in [6, 6.07) is 36.1. The molecule has 0 bridgehead atoms. The fraction of sp³-hybridized carbons (Fsp3) is 0.167. The van der Waals surface area contributed by atoms with Crippen molar-refractivity contribution >= 4 is 54.9 Å². The number of pyridine rings is 1. The molecule has 0 radical (unpaired) electrons. The predicted octanol–water partition coefficient (Wildman–Crippen LogP) is 11.5. The first-order valence-corrected chi connectivity index (χ1v) is 16.9. The van der Waals surface area contributed by atoms with Gasteiger partial charge in [-0.2, -0.15) is 4.57 Å². The number of aryl methyl sites for hydroxylation is 1. The smallest absolute Gasteiger partial charge is 0.213 e. The highest BCUT2D eigenvalue weighted by atomic mass is 32.1. The third kappa shape index (κ3) is 3.97. The van der Waals surface area contributed by atoms with E-state index < -0.39 is 0 Å². The summed E-state index contributed by atoms with van der Waals surface area (Å²) in [7, 11) is 0. The molecule has 0 amide bonds. The number of para-hydroxylation sites is 1. The van der Waals surface area contributed by atoms with Gasteiger partial charge in [-0.05, 0) is 84.6 Å². The Morgan fingerprint density at radius 3 is 2.29 bits per heavy atom. The topological polar surface area (TPSA) is 8.81 Å². The molecule has 4 aromatic carbocycles. The second-order valence-corrected chi connectivity index (χ2v) is 13.5. The fourth-order valence-electron chi connectivity index (χ4n) is 7.81. The van der Waals surface area contributed by atoms with Gasteiger partial charge in [0.05, 0.1) is 16.6 Å². The lowest BCUT2D eigenvalue weighted by Crippen LogP contribution is -2.59. The maximum absolute atomic E-state index is 4.68. The van der Waals surface area contributed by atoms with Gasteiger partial charge in [0, 0.05) is 62.0 Å². The van der Waals surface area contributed by atoms with Gasteiger partial charge in [-0.15, -0.1) is 11.3 Å². The molecule has 0 fully saturated rings. The molecule has 0 saturated heterocycles. The van der Waals surface area contributed by atoms with Crippen LogP contribution in [0.25, 0.3) is 71.6 Å². The van der Waals surface area contributed by atoms with Crippen LogP contribution in [0, 0.1) is 6.92 Å². The second-order valence-electron chi connectivity index (χ2n) is 12.3. The molecule has 45 heavy (non-hydrogen) atoms. The van der Waals surface area contributed by atoms with E-state index in [1.165, 1.54) is 81.5 Å². The summed E-state index contributed by atoms with van der Waals surface area (Å²) in [5, 5.41) is 3.89. The molecular weight excluding hydrogens is 565 g/mol. The Kier molecular flexibility index (Phi) is 6.44. The molecule has 1 aliphatic rings. The van der Waals surface area contributed by atoms with Crippen molar-refractivity contribution in [1.29, 1.82) is 0 Å². The van der Waals surface area contributed by atoms with E-state index in [0.717, 1.165) is 12.8 Å². The lowest BCUT2D eigenvalue weighted by Gasteiger charge is -2.34. The third-order valence-electron chi connectivity index (χ3n) is 10.2. The van der Waals surface area contributed by atoms with E-state index in [-0.39, 0.29) is 5.54 Å². The number of fused-ring (bicyclic) bond motifs is 7. The summed E-state index contributed by atoms with van der Waals surface area (Å²) in [4.78, 5) is 1.36. The highest BCUT2D eigenvalue weighted by Gasteiger charge is 2.46. The summed E-state index contributed by atoms with van der Waals surface area (Å²) < 4.78 is 6.22. The molecule has 0 unspecified atom stereocenters. The Hall–Kier alpha value is -4.73. The normalized spacial score (nSPS) is 14.1. The van der Waals surface area contributed by atoms with Crippen LogP contribution in [0.2, 0.25) is 0 Å². The van der Waals surface area contributed by atoms with Gasteiger partial charge < -0.3 is 4.57 Å². The zero-order valence-electron chi connectivity index (χ0n) is 26.4. The van der Waals surface area contributed by atoms with Crippen molar-refractivity contribution in [2.45, 2.75) is 46.1 Å². The second kappa shape index (κ2) is 10.4. The number of benzene rings is 4. The maximum atomic E-state index is 4.68. The van der Waals surface area contributed by atoms with Crippen LogP contribution in [-0.2, 0) is 5.54 Å². The van der Waals surface area contributed by atoms with Crippen LogP contribution in [0.3, 0.4) is 0 Å². The van der Waals surface area contributed by atoms with Gasteiger partial charge in [-0.25, -0.2) is 0 Å². The highest BCUT2D eigenvalue weighted by molar-refractivity contribution is 7.19. The van der Waals surface area contributed by atoms with Crippen molar-refractivity contribution in [3.8, 4) is 28.1 Å². The van der Waals surface area contributed by atoms with Crippen LogP contribution >= 0.6 is 11.3 Å². The Balaban J connectivity index is 1.37. The third-order valence-corrected chi connectivity index (χ3v) is 11.2. The van der Waals surface area contributed by atoms with Crippen molar-refractivity contribution in [3.05, 3.63) is 132 Å². The predicted molar refractivity (Wildman–Crippen MR) is 194 cm³/mol. The molecule has 0 spiro atoms. The molecule has 4 heterocycles. The van der Waals surface area contributed by atoms with E-state index in [0.29, 0.717) is 0 Å². The van der Waals surface area contributed by atoms with E-state index in [4.69, 9.17) is 0 Å². The monoisotopic (exact) mass is 601 g/mol. The molecule has 1 aliphatic heterocycles.